The summed E-state index contributed by atoms with van der Waals surface area (Å²) in [5.74, 6) is 1.11. The van der Waals surface area contributed by atoms with E-state index >= 15 is 0 Å². The summed E-state index contributed by atoms with van der Waals surface area (Å²) in [6, 6.07) is 5.78. The molecule has 1 aromatic carbocycles. The Bertz CT molecular complexity index is 643. The van der Waals surface area contributed by atoms with Crippen molar-refractivity contribution < 1.29 is 14.3 Å². The van der Waals surface area contributed by atoms with E-state index in [9.17, 15) is 9.59 Å². The Morgan fingerprint density at radius 1 is 1.29 bits per heavy atom. The molecule has 2 aliphatic heterocycles. The second-order valence-electron chi connectivity index (χ2n) is 7.11. The van der Waals surface area contributed by atoms with Gasteiger partial charge in [-0.15, -0.1) is 0 Å². The van der Waals surface area contributed by atoms with Gasteiger partial charge in [-0.25, -0.2) is 0 Å². The monoisotopic (exact) mass is 330 g/mol. The van der Waals surface area contributed by atoms with Gasteiger partial charge in [0.25, 0.3) is 0 Å². The number of likely N-dealkylation sites (tertiary alicyclic amines) is 1. The van der Waals surface area contributed by atoms with Crippen LogP contribution in [0.15, 0.2) is 18.2 Å². The van der Waals surface area contributed by atoms with E-state index < -0.39 is 0 Å². The van der Waals surface area contributed by atoms with Crippen molar-refractivity contribution >= 4 is 17.5 Å². The summed E-state index contributed by atoms with van der Waals surface area (Å²) in [5.41, 5.74) is 1.84. The Morgan fingerprint density at radius 2 is 2.08 bits per heavy atom. The lowest BCUT2D eigenvalue weighted by Crippen LogP contribution is -2.43. The number of piperidine rings is 1. The molecule has 0 bridgehead atoms. The summed E-state index contributed by atoms with van der Waals surface area (Å²) in [6.45, 7) is 6.26. The van der Waals surface area contributed by atoms with Gasteiger partial charge < -0.3 is 14.5 Å². The maximum Gasteiger partial charge on any atom is 0.228 e. The van der Waals surface area contributed by atoms with Crippen molar-refractivity contribution in [2.24, 2.45) is 11.8 Å². The molecule has 5 heteroatoms. The van der Waals surface area contributed by atoms with Gasteiger partial charge in [-0.3, -0.25) is 9.59 Å². The van der Waals surface area contributed by atoms with Crippen LogP contribution in [0.25, 0.3) is 0 Å². The molecule has 2 atom stereocenters. The van der Waals surface area contributed by atoms with Crippen molar-refractivity contribution in [2.75, 3.05) is 31.6 Å². The third-order valence-electron chi connectivity index (χ3n) is 5.07. The van der Waals surface area contributed by atoms with Gasteiger partial charge >= 0.3 is 0 Å². The van der Waals surface area contributed by atoms with Crippen LogP contribution in [0.3, 0.4) is 0 Å². The largest absolute Gasteiger partial charge is 0.495 e. The summed E-state index contributed by atoms with van der Waals surface area (Å²) in [5, 5.41) is 0. The fourth-order valence-electron chi connectivity index (χ4n) is 3.76. The zero-order valence-corrected chi connectivity index (χ0v) is 14.7. The Kier molecular flexibility index (Phi) is 4.78. The SMILES string of the molecule is COc1ccc(C)cc1N1C[C@@H](C(=O)N2CCC[C@@H](C)C2)CC1=O. The van der Waals surface area contributed by atoms with E-state index in [-0.39, 0.29) is 17.7 Å². The molecule has 130 valence electrons. The van der Waals surface area contributed by atoms with Crippen molar-refractivity contribution in [1.29, 1.82) is 0 Å². The molecule has 0 aromatic heterocycles. The lowest BCUT2D eigenvalue weighted by molar-refractivity contribution is -0.137. The molecule has 1 aromatic rings. The minimum Gasteiger partial charge on any atom is -0.495 e. The number of methoxy groups -OCH3 is 1. The predicted octanol–water partition coefficient (Wildman–Crippen LogP) is 2.62. The number of anilines is 1. The molecular formula is C19H26N2O3. The van der Waals surface area contributed by atoms with Gasteiger partial charge in [0.2, 0.25) is 11.8 Å². The Balaban J connectivity index is 1.76. The van der Waals surface area contributed by atoms with E-state index in [2.05, 4.69) is 6.92 Å². The highest BCUT2D eigenvalue weighted by molar-refractivity contribution is 6.01. The van der Waals surface area contributed by atoms with Gasteiger partial charge in [0, 0.05) is 26.1 Å². The number of carbonyl (C=O) groups is 2. The van der Waals surface area contributed by atoms with Crippen LogP contribution >= 0.6 is 0 Å². The number of hydrogen-bond acceptors (Lipinski definition) is 3. The molecule has 24 heavy (non-hydrogen) atoms. The van der Waals surface area contributed by atoms with E-state index in [4.69, 9.17) is 4.74 Å². The zero-order chi connectivity index (χ0) is 17.3. The lowest BCUT2D eigenvalue weighted by Gasteiger charge is -2.32. The first-order chi connectivity index (χ1) is 11.5. The van der Waals surface area contributed by atoms with E-state index in [1.165, 1.54) is 6.42 Å². The van der Waals surface area contributed by atoms with Gasteiger partial charge in [-0.1, -0.05) is 13.0 Å². The molecule has 3 rings (SSSR count). The molecule has 2 saturated heterocycles. The third-order valence-corrected chi connectivity index (χ3v) is 5.07. The standard InChI is InChI=1S/C19H26N2O3/c1-13-6-7-17(24-3)16(9-13)21-12-15(10-18(21)22)19(23)20-8-4-5-14(2)11-20/h6-7,9,14-15H,4-5,8,10-12H2,1-3H3/t14-,15+/m1/s1. The summed E-state index contributed by atoms with van der Waals surface area (Å²) in [4.78, 5) is 29.0. The molecule has 0 radical (unpaired) electrons. The first-order valence-corrected chi connectivity index (χ1v) is 8.73. The third kappa shape index (κ3) is 3.25. The molecule has 0 aliphatic carbocycles. The van der Waals surface area contributed by atoms with Gasteiger partial charge in [0.05, 0.1) is 18.7 Å². The molecule has 2 amide bonds. The number of nitrogens with zero attached hydrogens (tertiary/aromatic N) is 2. The van der Waals surface area contributed by atoms with E-state index in [0.29, 0.717) is 24.6 Å². The van der Waals surface area contributed by atoms with Crippen molar-refractivity contribution in [3.05, 3.63) is 23.8 Å². The van der Waals surface area contributed by atoms with Crippen LogP contribution < -0.4 is 9.64 Å². The number of ether oxygens (including phenoxy) is 1. The topological polar surface area (TPSA) is 49.9 Å². The molecule has 0 N–H and O–H groups in total. The van der Waals surface area contributed by atoms with Crippen LogP contribution in [0.4, 0.5) is 5.69 Å². The van der Waals surface area contributed by atoms with Crippen LogP contribution in [0.2, 0.25) is 0 Å². The van der Waals surface area contributed by atoms with Crippen LogP contribution in [0.1, 0.15) is 31.7 Å². The molecule has 0 unspecified atom stereocenters. The predicted molar refractivity (Wildman–Crippen MR) is 93.2 cm³/mol. The Morgan fingerprint density at radius 3 is 2.79 bits per heavy atom. The highest BCUT2D eigenvalue weighted by Crippen LogP contribution is 2.34. The maximum absolute atomic E-state index is 12.8. The van der Waals surface area contributed by atoms with Crippen molar-refractivity contribution in [2.45, 2.75) is 33.1 Å². The molecule has 0 spiro atoms. The van der Waals surface area contributed by atoms with Crippen LogP contribution in [0, 0.1) is 18.8 Å². The summed E-state index contributed by atoms with van der Waals surface area (Å²) in [6.07, 6.45) is 2.53. The summed E-state index contributed by atoms with van der Waals surface area (Å²) in [7, 11) is 1.60. The minimum atomic E-state index is -0.243. The number of amides is 2. The van der Waals surface area contributed by atoms with Crippen molar-refractivity contribution in [1.82, 2.24) is 4.90 Å². The number of benzene rings is 1. The minimum absolute atomic E-state index is 0.00214. The lowest BCUT2D eigenvalue weighted by atomic mass is 9.98. The summed E-state index contributed by atoms with van der Waals surface area (Å²) < 4.78 is 5.40. The van der Waals surface area contributed by atoms with Crippen LogP contribution in [-0.2, 0) is 9.59 Å². The van der Waals surface area contributed by atoms with Crippen molar-refractivity contribution in [3.8, 4) is 5.75 Å². The smallest absolute Gasteiger partial charge is 0.228 e. The van der Waals surface area contributed by atoms with Gasteiger partial charge in [0.1, 0.15) is 5.75 Å². The van der Waals surface area contributed by atoms with E-state index in [1.54, 1.807) is 12.0 Å². The normalized spacial score (nSPS) is 24.4. The fourth-order valence-corrected chi connectivity index (χ4v) is 3.76. The fraction of sp³-hybridized carbons (Fsp3) is 0.579. The summed E-state index contributed by atoms with van der Waals surface area (Å²) >= 11 is 0. The number of rotatable bonds is 3. The zero-order valence-electron chi connectivity index (χ0n) is 14.7. The maximum atomic E-state index is 12.8. The van der Waals surface area contributed by atoms with Gasteiger partial charge in [-0.2, -0.15) is 0 Å². The van der Waals surface area contributed by atoms with Crippen LogP contribution in [0.5, 0.6) is 5.75 Å². The second-order valence-corrected chi connectivity index (χ2v) is 7.11. The van der Waals surface area contributed by atoms with Crippen molar-refractivity contribution in [3.63, 3.8) is 0 Å². The molecule has 2 fully saturated rings. The van der Waals surface area contributed by atoms with Gasteiger partial charge in [-0.05, 0) is 43.4 Å². The highest BCUT2D eigenvalue weighted by Gasteiger charge is 2.38. The molecule has 2 aliphatic rings. The molecule has 0 saturated carbocycles. The van der Waals surface area contributed by atoms with E-state index in [0.717, 1.165) is 30.8 Å². The van der Waals surface area contributed by atoms with E-state index in [1.807, 2.05) is 30.0 Å². The molecule has 2 heterocycles. The quantitative estimate of drug-likeness (QED) is 0.856. The first kappa shape index (κ1) is 16.8. The second kappa shape index (κ2) is 6.83. The number of hydrogen-bond donors (Lipinski definition) is 0. The Hall–Kier alpha value is -2.04. The average Bonchev–Trinajstić information content (AvgIpc) is 2.95. The van der Waals surface area contributed by atoms with Gasteiger partial charge in [0.15, 0.2) is 0 Å². The Labute approximate surface area is 143 Å². The highest BCUT2D eigenvalue weighted by atomic mass is 16.5. The average molecular weight is 330 g/mol. The molecule has 5 nitrogen and oxygen atoms in total. The van der Waals surface area contributed by atoms with Crippen LogP contribution in [-0.4, -0.2) is 43.5 Å². The molecular weight excluding hydrogens is 304 g/mol. The number of aryl methyl sites for hydroxylation is 1. The first-order valence-electron chi connectivity index (χ1n) is 8.73. The number of carbonyl (C=O) groups excluding carboxylic acids is 2.